The monoisotopic (exact) mass is 341 g/mol. The predicted octanol–water partition coefficient (Wildman–Crippen LogP) is 2.02. The van der Waals surface area contributed by atoms with E-state index < -0.39 is 0 Å². The zero-order valence-electron chi connectivity index (χ0n) is 14.1. The molecule has 2 aromatic rings. The van der Waals surface area contributed by atoms with Gasteiger partial charge in [0.2, 0.25) is 0 Å². The molecule has 1 aromatic carbocycles. The molecule has 0 bridgehead atoms. The molecular weight excluding hydrogens is 318 g/mol. The van der Waals surface area contributed by atoms with E-state index in [1.807, 2.05) is 24.3 Å². The van der Waals surface area contributed by atoms with Crippen LogP contribution < -0.4 is 10.6 Å². The Hall–Kier alpha value is -2.41. The van der Waals surface area contributed by atoms with Gasteiger partial charge in [-0.3, -0.25) is 0 Å². The molecule has 4 rings (SSSR count). The Bertz CT molecular complexity index is 697. The average molecular weight is 341 g/mol. The SMILES string of the molecule is O=C(NCc1ccc(-n2cncn2)cc1)N[C@H]1CCO[C@@H](C2CC2)C1. The molecule has 2 fully saturated rings. The van der Waals surface area contributed by atoms with Crippen molar-refractivity contribution in [3.63, 3.8) is 0 Å². The highest BCUT2D eigenvalue weighted by atomic mass is 16.5. The third-order valence-electron chi connectivity index (χ3n) is 4.87. The molecule has 25 heavy (non-hydrogen) atoms. The lowest BCUT2D eigenvalue weighted by Crippen LogP contribution is -2.46. The molecule has 2 N–H and O–H groups in total. The molecule has 2 aliphatic rings. The first-order chi connectivity index (χ1) is 12.3. The van der Waals surface area contributed by atoms with E-state index in [2.05, 4.69) is 20.7 Å². The molecule has 0 spiro atoms. The van der Waals surface area contributed by atoms with Crippen LogP contribution in [-0.4, -0.2) is 39.5 Å². The molecule has 1 saturated heterocycles. The summed E-state index contributed by atoms with van der Waals surface area (Å²) in [6.45, 7) is 1.24. The Labute approximate surface area is 146 Å². The lowest BCUT2D eigenvalue weighted by atomic mass is 10.0. The highest BCUT2D eigenvalue weighted by molar-refractivity contribution is 5.74. The van der Waals surface area contributed by atoms with Crippen molar-refractivity contribution in [3.8, 4) is 5.69 Å². The van der Waals surface area contributed by atoms with Gasteiger partial charge in [-0.25, -0.2) is 14.5 Å². The van der Waals surface area contributed by atoms with Gasteiger partial charge in [0.25, 0.3) is 0 Å². The summed E-state index contributed by atoms with van der Waals surface area (Å²) in [5, 5.41) is 10.1. The maximum Gasteiger partial charge on any atom is 0.315 e. The Kier molecular flexibility index (Phi) is 4.65. The van der Waals surface area contributed by atoms with Crippen LogP contribution in [0.3, 0.4) is 0 Å². The van der Waals surface area contributed by atoms with Crippen LogP contribution in [0.25, 0.3) is 5.69 Å². The van der Waals surface area contributed by atoms with Gasteiger partial charge in [-0.1, -0.05) is 12.1 Å². The fourth-order valence-electron chi connectivity index (χ4n) is 3.28. The van der Waals surface area contributed by atoms with E-state index in [4.69, 9.17) is 4.74 Å². The van der Waals surface area contributed by atoms with Gasteiger partial charge in [-0.2, -0.15) is 5.10 Å². The lowest BCUT2D eigenvalue weighted by Gasteiger charge is -2.30. The Morgan fingerprint density at radius 3 is 2.80 bits per heavy atom. The summed E-state index contributed by atoms with van der Waals surface area (Å²) in [6.07, 6.45) is 7.87. The first kappa shape index (κ1) is 16.1. The normalized spacial score (nSPS) is 23.2. The van der Waals surface area contributed by atoms with Crippen molar-refractivity contribution in [2.45, 2.75) is 44.4 Å². The fourth-order valence-corrected chi connectivity index (χ4v) is 3.28. The van der Waals surface area contributed by atoms with Gasteiger partial charge in [0.1, 0.15) is 12.7 Å². The van der Waals surface area contributed by atoms with Crippen molar-refractivity contribution in [3.05, 3.63) is 42.5 Å². The number of amides is 2. The van der Waals surface area contributed by atoms with Crippen LogP contribution in [0.15, 0.2) is 36.9 Å². The summed E-state index contributed by atoms with van der Waals surface area (Å²) in [4.78, 5) is 16.1. The van der Waals surface area contributed by atoms with Crippen LogP contribution >= 0.6 is 0 Å². The number of urea groups is 1. The van der Waals surface area contributed by atoms with Crippen molar-refractivity contribution < 1.29 is 9.53 Å². The molecule has 7 heteroatoms. The standard InChI is InChI=1S/C18H23N5O2/c24-18(22-15-7-8-25-17(9-15)14-3-4-14)20-10-13-1-5-16(6-2-13)23-12-19-11-21-23/h1-2,5-6,11-12,14-15,17H,3-4,7-10H2,(H2,20,22,24)/t15-,17+/m0/s1. The molecule has 1 aromatic heterocycles. The van der Waals surface area contributed by atoms with Gasteiger partial charge in [-0.05, 0) is 49.3 Å². The number of carbonyl (C=O) groups is 1. The maximum absolute atomic E-state index is 12.1. The zero-order valence-corrected chi connectivity index (χ0v) is 14.1. The van der Waals surface area contributed by atoms with Crippen molar-refractivity contribution >= 4 is 6.03 Å². The molecular formula is C18H23N5O2. The van der Waals surface area contributed by atoms with Crippen LogP contribution in [0.4, 0.5) is 4.79 Å². The van der Waals surface area contributed by atoms with E-state index in [0.717, 1.165) is 36.6 Å². The Balaban J connectivity index is 1.24. The highest BCUT2D eigenvalue weighted by Gasteiger charge is 2.36. The summed E-state index contributed by atoms with van der Waals surface area (Å²) in [5.74, 6) is 0.719. The van der Waals surface area contributed by atoms with Crippen LogP contribution in [0.2, 0.25) is 0 Å². The molecule has 1 saturated carbocycles. The molecule has 2 heterocycles. The van der Waals surface area contributed by atoms with Crippen molar-refractivity contribution in [2.24, 2.45) is 5.92 Å². The molecule has 2 atom stereocenters. The minimum Gasteiger partial charge on any atom is -0.378 e. The number of aromatic nitrogens is 3. The second-order valence-corrected chi connectivity index (χ2v) is 6.80. The number of hydrogen-bond donors (Lipinski definition) is 2. The molecule has 132 valence electrons. The summed E-state index contributed by atoms with van der Waals surface area (Å²) >= 11 is 0. The summed E-state index contributed by atoms with van der Waals surface area (Å²) in [6, 6.07) is 7.99. The number of carbonyl (C=O) groups excluding carboxylic acids is 1. The zero-order chi connectivity index (χ0) is 17.1. The van der Waals surface area contributed by atoms with E-state index in [1.165, 1.54) is 19.2 Å². The number of rotatable bonds is 5. The largest absolute Gasteiger partial charge is 0.378 e. The van der Waals surface area contributed by atoms with Crippen LogP contribution in [0.1, 0.15) is 31.2 Å². The van der Waals surface area contributed by atoms with E-state index in [1.54, 1.807) is 11.0 Å². The fraction of sp³-hybridized carbons (Fsp3) is 0.500. The average Bonchev–Trinajstić information content (AvgIpc) is 3.35. The lowest BCUT2D eigenvalue weighted by molar-refractivity contribution is -0.00914. The van der Waals surface area contributed by atoms with Gasteiger partial charge >= 0.3 is 6.03 Å². The van der Waals surface area contributed by atoms with Crippen LogP contribution in [0, 0.1) is 5.92 Å². The summed E-state index contributed by atoms with van der Waals surface area (Å²) in [7, 11) is 0. The molecule has 7 nitrogen and oxygen atoms in total. The number of nitrogens with zero attached hydrogens (tertiary/aromatic N) is 3. The van der Waals surface area contributed by atoms with E-state index in [-0.39, 0.29) is 12.1 Å². The number of hydrogen-bond acceptors (Lipinski definition) is 4. The minimum absolute atomic E-state index is 0.109. The van der Waals surface area contributed by atoms with Gasteiger partial charge in [-0.15, -0.1) is 0 Å². The van der Waals surface area contributed by atoms with Crippen molar-refractivity contribution in [1.29, 1.82) is 0 Å². The second-order valence-electron chi connectivity index (χ2n) is 6.80. The Morgan fingerprint density at radius 2 is 2.08 bits per heavy atom. The molecule has 1 aliphatic carbocycles. The summed E-state index contributed by atoms with van der Waals surface area (Å²) < 4.78 is 7.50. The summed E-state index contributed by atoms with van der Waals surface area (Å²) in [5.41, 5.74) is 1.99. The molecule has 0 radical (unpaired) electrons. The molecule has 0 unspecified atom stereocenters. The first-order valence-corrected chi connectivity index (χ1v) is 8.88. The predicted molar refractivity (Wildman–Crippen MR) is 92.2 cm³/mol. The van der Waals surface area contributed by atoms with Gasteiger partial charge < -0.3 is 15.4 Å². The number of benzene rings is 1. The topological polar surface area (TPSA) is 81.1 Å². The Morgan fingerprint density at radius 1 is 1.24 bits per heavy atom. The van der Waals surface area contributed by atoms with Crippen LogP contribution in [-0.2, 0) is 11.3 Å². The van der Waals surface area contributed by atoms with E-state index in [0.29, 0.717) is 12.6 Å². The highest BCUT2D eigenvalue weighted by Crippen LogP contribution is 2.38. The van der Waals surface area contributed by atoms with E-state index in [9.17, 15) is 4.79 Å². The first-order valence-electron chi connectivity index (χ1n) is 8.88. The quantitative estimate of drug-likeness (QED) is 0.872. The molecule has 2 amide bonds. The second kappa shape index (κ2) is 7.23. The maximum atomic E-state index is 12.1. The third kappa shape index (κ3) is 4.17. The van der Waals surface area contributed by atoms with Gasteiger partial charge in [0.15, 0.2) is 0 Å². The number of ether oxygens (including phenoxy) is 1. The van der Waals surface area contributed by atoms with Crippen molar-refractivity contribution in [2.75, 3.05) is 6.61 Å². The van der Waals surface area contributed by atoms with Gasteiger partial charge in [0, 0.05) is 19.2 Å². The smallest absolute Gasteiger partial charge is 0.315 e. The molecule has 1 aliphatic heterocycles. The third-order valence-corrected chi connectivity index (χ3v) is 4.87. The van der Waals surface area contributed by atoms with Crippen molar-refractivity contribution in [1.82, 2.24) is 25.4 Å². The van der Waals surface area contributed by atoms with Gasteiger partial charge in [0.05, 0.1) is 11.8 Å². The minimum atomic E-state index is -0.109. The van der Waals surface area contributed by atoms with Crippen LogP contribution in [0.5, 0.6) is 0 Å². The van der Waals surface area contributed by atoms with E-state index >= 15 is 0 Å². The number of nitrogens with one attached hydrogen (secondary N) is 2.